The highest BCUT2D eigenvalue weighted by Crippen LogP contribution is 2.13. The van der Waals surface area contributed by atoms with Gasteiger partial charge >= 0.3 is 0 Å². The predicted octanol–water partition coefficient (Wildman–Crippen LogP) is 0.208. The quantitative estimate of drug-likeness (QED) is 0.474. The highest BCUT2D eigenvalue weighted by atomic mass is 32.1. The van der Waals surface area contributed by atoms with Gasteiger partial charge in [-0.25, -0.2) is 5.32 Å². The fourth-order valence-corrected chi connectivity index (χ4v) is 1.47. The molecule has 2 atom stereocenters. The van der Waals surface area contributed by atoms with Gasteiger partial charge in [0.1, 0.15) is 0 Å². The molecule has 0 aromatic carbocycles. The minimum atomic E-state index is 0.363. The van der Waals surface area contributed by atoms with E-state index < -0.39 is 0 Å². The van der Waals surface area contributed by atoms with E-state index in [2.05, 4.69) is 35.5 Å². The molecular weight excluding hydrogens is 164 g/mol. The first-order valence-corrected chi connectivity index (χ1v) is 4.35. The van der Waals surface area contributed by atoms with Gasteiger partial charge < -0.3 is 5.32 Å². The average Bonchev–Trinajstić information content (AvgIpc) is 2.31. The first-order valence-electron chi connectivity index (χ1n) is 3.36. The molecule has 1 heterocycles. The average molecular weight is 175 g/mol. The first-order chi connectivity index (χ1) is 4.84. The molecule has 2 unspecified atom stereocenters. The number of hydrogen-bond donors (Lipinski definition) is 2. The number of thiol groups is 1. The second-order valence-electron chi connectivity index (χ2n) is 2.36. The second kappa shape index (κ2) is 4.16. The lowest BCUT2D eigenvalue weighted by Crippen LogP contribution is -2.34. The van der Waals surface area contributed by atoms with Crippen LogP contribution in [-0.4, -0.2) is 29.9 Å². The zero-order valence-electron chi connectivity index (χ0n) is 5.66. The Kier molecular flexibility index (Phi) is 3.45. The van der Waals surface area contributed by atoms with E-state index in [9.17, 15) is 0 Å². The molecular formula is C6H11N2S2. The fraction of sp³-hybridized carbons (Fsp3) is 0.833. The van der Waals surface area contributed by atoms with E-state index in [1.807, 2.05) is 0 Å². The Labute approximate surface area is 72.2 Å². The topological polar surface area (TPSA) is 26.1 Å². The van der Waals surface area contributed by atoms with Gasteiger partial charge in [0, 0.05) is 18.3 Å². The molecule has 1 fully saturated rings. The van der Waals surface area contributed by atoms with Crippen LogP contribution in [0.1, 0.15) is 6.42 Å². The van der Waals surface area contributed by atoms with E-state index in [0.29, 0.717) is 11.3 Å². The number of nitrogens with zero attached hydrogens (tertiary/aromatic N) is 1. The van der Waals surface area contributed by atoms with Crippen molar-refractivity contribution in [2.75, 3.05) is 13.1 Å². The summed E-state index contributed by atoms with van der Waals surface area (Å²) in [5.41, 5.74) is 1.54. The summed E-state index contributed by atoms with van der Waals surface area (Å²) in [5.74, 6) is 0. The molecule has 0 saturated carbocycles. The summed E-state index contributed by atoms with van der Waals surface area (Å²) in [7, 11) is 0. The van der Waals surface area contributed by atoms with E-state index in [1.54, 1.807) is 0 Å². The van der Waals surface area contributed by atoms with Gasteiger partial charge in [0.15, 0.2) is 0 Å². The summed E-state index contributed by atoms with van der Waals surface area (Å²) in [6, 6.07) is 0.363. The van der Waals surface area contributed by atoms with E-state index in [0.717, 1.165) is 19.5 Å². The molecule has 0 spiro atoms. The summed E-state index contributed by atoms with van der Waals surface area (Å²) < 4.78 is 0. The van der Waals surface area contributed by atoms with Gasteiger partial charge in [-0.3, -0.25) is 0 Å². The van der Waals surface area contributed by atoms with Crippen LogP contribution in [0.2, 0.25) is 0 Å². The molecule has 1 rings (SSSR count). The maximum absolute atomic E-state index is 4.62. The molecule has 1 N–H and O–H groups in total. The van der Waals surface area contributed by atoms with Crippen LogP contribution in [-0.2, 0) is 0 Å². The van der Waals surface area contributed by atoms with Gasteiger partial charge in [-0.05, 0) is 6.42 Å². The predicted molar refractivity (Wildman–Crippen MR) is 49.8 cm³/mol. The van der Waals surface area contributed by atoms with Crippen LogP contribution < -0.4 is 10.6 Å². The Hall–Kier alpha value is 0.200. The Morgan fingerprint density at radius 1 is 1.80 bits per heavy atom. The van der Waals surface area contributed by atoms with Crippen molar-refractivity contribution in [2.45, 2.75) is 17.7 Å². The van der Waals surface area contributed by atoms with Crippen LogP contribution in [0.25, 0.3) is 0 Å². The van der Waals surface area contributed by atoms with Crippen molar-refractivity contribution < 1.29 is 0 Å². The highest BCUT2D eigenvalue weighted by molar-refractivity contribution is 7.81. The summed E-state index contributed by atoms with van der Waals surface area (Å²) in [6.45, 7) is 1.80. The minimum Gasteiger partial charge on any atom is -0.381 e. The van der Waals surface area contributed by atoms with Crippen molar-refractivity contribution >= 4 is 30.3 Å². The maximum Gasteiger partial charge on any atom is 0.0615 e. The van der Waals surface area contributed by atoms with Crippen LogP contribution in [0.5, 0.6) is 0 Å². The zero-order chi connectivity index (χ0) is 7.40. The van der Waals surface area contributed by atoms with Gasteiger partial charge in [-0.2, -0.15) is 12.6 Å². The highest BCUT2D eigenvalue weighted by Gasteiger charge is 2.23. The van der Waals surface area contributed by atoms with E-state index in [1.165, 1.54) is 5.49 Å². The van der Waals surface area contributed by atoms with E-state index in [4.69, 9.17) is 0 Å². The molecule has 1 saturated heterocycles. The molecule has 10 heavy (non-hydrogen) atoms. The molecule has 1 radical (unpaired) electrons. The Morgan fingerprint density at radius 3 is 3.10 bits per heavy atom. The number of thiocarbonyl (C=S) groups is 1. The lowest BCUT2D eigenvalue weighted by molar-refractivity contribution is 0.593. The van der Waals surface area contributed by atoms with Crippen molar-refractivity contribution in [2.24, 2.45) is 0 Å². The summed E-state index contributed by atoms with van der Waals surface area (Å²) in [4.78, 5) is 0. The normalized spacial score (nSPS) is 32.1. The first kappa shape index (κ1) is 8.30. The molecule has 2 nitrogen and oxygen atoms in total. The molecule has 57 valence electrons. The molecule has 1 aliphatic rings. The molecule has 1 aliphatic heterocycles. The third-order valence-electron chi connectivity index (χ3n) is 1.64. The van der Waals surface area contributed by atoms with Crippen molar-refractivity contribution in [3.8, 4) is 0 Å². The number of nitrogens with one attached hydrogen (secondary N) is 1. The number of rotatable bonds is 3. The summed E-state index contributed by atoms with van der Waals surface area (Å²) >= 11 is 9.00. The van der Waals surface area contributed by atoms with Crippen LogP contribution in [0.4, 0.5) is 0 Å². The lowest BCUT2D eigenvalue weighted by Gasteiger charge is -2.12. The molecule has 0 aromatic rings. The molecule has 0 amide bonds. The van der Waals surface area contributed by atoms with Crippen LogP contribution in [0.3, 0.4) is 0 Å². The van der Waals surface area contributed by atoms with Crippen molar-refractivity contribution in [3.05, 3.63) is 0 Å². The lowest BCUT2D eigenvalue weighted by atomic mass is 10.2. The summed E-state index contributed by atoms with van der Waals surface area (Å²) in [5, 5.41) is 7.75. The summed E-state index contributed by atoms with van der Waals surface area (Å²) in [6.07, 6.45) is 1.10. The second-order valence-corrected chi connectivity index (χ2v) is 3.25. The van der Waals surface area contributed by atoms with Crippen LogP contribution in [0.15, 0.2) is 0 Å². The van der Waals surface area contributed by atoms with Gasteiger partial charge in [0.2, 0.25) is 0 Å². The van der Waals surface area contributed by atoms with E-state index in [-0.39, 0.29) is 0 Å². The van der Waals surface area contributed by atoms with Crippen molar-refractivity contribution in [1.29, 1.82) is 0 Å². The van der Waals surface area contributed by atoms with Crippen molar-refractivity contribution in [1.82, 2.24) is 10.6 Å². The Bertz CT molecular complexity index is 118. The largest absolute Gasteiger partial charge is 0.381 e. The molecule has 0 aromatic heterocycles. The van der Waals surface area contributed by atoms with Crippen molar-refractivity contribution in [3.63, 3.8) is 0 Å². The maximum atomic E-state index is 4.62. The standard InChI is InChI=1S/C6H11N2S2/c9-4-7-3-5-6(10)1-2-8-5/h4-6,10H,1-3H2,(H,7,9). The third-order valence-corrected chi connectivity index (χ3v) is 2.41. The van der Waals surface area contributed by atoms with Crippen LogP contribution >= 0.6 is 24.8 Å². The minimum absolute atomic E-state index is 0.363. The van der Waals surface area contributed by atoms with Gasteiger partial charge in [-0.1, -0.05) is 12.2 Å². The van der Waals surface area contributed by atoms with Gasteiger partial charge in [0.25, 0.3) is 0 Å². The third kappa shape index (κ3) is 2.11. The van der Waals surface area contributed by atoms with Gasteiger partial charge in [0.05, 0.1) is 11.5 Å². The molecule has 4 heteroatoms. The van der Waals surface area contributed by atoms with E-state index >= 15 is 0 Å². The fourth-order valence-electron chi connectivity index (χ4n) is 1.06. The Morgan fingerprint density at radius 2 is 2.60 bits per heavy atom. The number of hydrogen-bond acceptors (Lipinski definition) is 2. The smallest absolute Gasteiger partial charge is 0.0615 e. The zero-order valence-corrected chi connectivity index (χ0v) is 7.37. The molecule has 0 bridgehead atoms. The van der Waals surface area contributed by atoms with Gasteiger partial charge in [-0.15, -0.1) is 0 Å². The Balaban J connectivity index is 2.19. The monoisotopic (exact) mass is 175 g/mol. The molecule has 0 aliphatic carbocycles. The van der Waals surface area contributed by atoms with Crippen LogP contribution in [0, 0.1) is 0 Å². The SMILES string of the molecule is S=CNCC1[N]CCC1S.